The fourth-order valence-electron chi connectivity index (χ4n) is 3.98. The lowest BCUT2D eigenvalue weighted by molar-refractivity contribution is 0.00149. The molecule has 1 saturated heterocycles. The highest BCUT2D eigenvalue weighted by Crippen LogP contribution is 2.37. The zero-order valence-electron chi connectivity index (χ0n) is 14.4. The summed E-state index contributed by atoms with van der Waals surface area (Å²) in [5.41, 5.74) is 0.802. The molecule has 134 valence electrons. The van der Waals surface area contributed by atoms with E-state index in [1.165, 1.54) is 6.42 Å². The van der Waals surface area contributed by atoms with Gasteiger partial charge >= 0.3 is 0 Å². The number of nitrogens with one attached hydrogen (secondary N) is 1. The molecule has 1 N–H and O–H groups in total. The maximum absolute atomic E-state index is 12.6. The minimum absolute atomic E-state index is 0.0667. The Labute approximate surface area is 145 Å². The normalized spacial score (nSPS) is 27.7. The third-order valence-electron chi connectivity index (χ3n) is 5.25. The SMILES string of the molecule is CC1(CS(=O)(=O)N[C@@H]2CCO[C@@H](c3ccccn3)C2)CCCCC1. The number of rotatable bonds is 5. The second kappa shape index (κ2) is 7.50. The molecule has 1 aromatic rings. The number of hydrogen-bond acceptors (Lipinski definition) is 4. The largest absolute Gasteiger partial charge is 0.372 e. The fraction of sp³-hybridized carbons (Fsp3) is 0.722. The van der Waals surface area contributed by atoms with Crippen LogP contribution in [0.1, 0.15) is 63.7 Å². The van der Waals surface area contributed by atoms with Gasteiger partial charge in [-0.05, 0) is 43.2 Å². The average molecular weight is 353 g/mol. The molecule has 5 nitrogen and oxygen atoms in total. The molecule has 0 bridgehead atoms. The van der Waals surface area contributed by atoms with E-state index in [1.54, 1.807) is 6.20 Å². The Morgan fingerprint density at radius 3 is 2.79 bits per heavy atom. The predicted molar refractivity (Wildman–Crippen MR) is 94.1 cm³/mol. The molecule has 2 aliphatic rings. The Balaban J connectivity index is 1.60. The van der Waals surface area contributed by atoms with Crippen LogP contribution in [0.2, 0.25) is 0 Å². The third kappa shape index (κ3) is 4.77. The molecule has 2 fully saturated rings. The van der Waals surface area contributed by atoms with Gasteiger partial charge in [0.05, 0.1) is 11.4 Å². The van der Waals surface area contributed by atoms with Crippen LogP contribution >= 0.6 is 0 Å². The lowest BCUT2D eigenvalue weighted by atomic mass is 9.77. The summed E-state index contributed by atoms with van der Waals surface area (Å²) in [7, 11) is -3.27. The van der Waals surface area contributed by atoms with Crippen LogP contribution in [0, 0.1) is 5.41 Å². The van der Waals surface area contributed by atoms with Gasteiger partial charge in [-0.25, -0.2) is 13.1 Å². The average Bonchev–Trinajstić information content (AvgIpc) is 2.55. The molecular weight excluding hydrogens is 324 g/mol. The Bertz CT molecular complexity index is 627. The first-order valence-corrected chi connectivity index (χ1v) is 10.6. The fourth-order valence-corrected chi connectivity index (χ4v) is 5.99. The summed E-state index contributed by atoms with van der Waals surface area (Å²) >= 11 is 0. The van der Waals surface area contributed by atoms with Crippen molar-refractivity contribution in [2.45, 2.75) is 64.0 Å². The lowest BCUT2D eigenvalue weighted by Crippen LogP contribution is -2.44. The van der Waals surface area contributed by atoms with Crippen LogP contribution in [0.4, 0.5) is 0 Å². The van der Waals surface area contributed by atoms with Gasteiger partial charge in [0.25, 0.3) is 0 Å². The van der Waals surface area contributed by atoms with Crippen LogP contribution in [0.25, 0.3) is 0 Å². The zero-order valence-corrected chi connectivity index (χ0v) is 15.2. The summed E-state index contributed by atoms with van der Waals surface area (Å²) in [6.45, 7) is 2.68. The van der Waals surface area contributed by atoms with Gasteiger partial charge in [-0.1, -0.05) is 32.3 Å². The van der Waals surface area contributed by atoms with Crippen LogP contribution in [0.5, 0.6) is 0 Å². The van der Waals surface area contributed by atoms with Crippen molar-refractivity contribution >= 4 is 10.0 Å². The minimum Gasteiger partial charge on any atom is -0.372 e. The van der Waals surface area contributed by atoms with Gasteiger partial charge in [0.1, 0.15) is 6.10 Å². The Morgan fingerprint density at radius 1 is 1.29 bits per heavy atom. The molecule has 24 heavy (non-hydrogen) atoms. The predicted octanol–water partition coefficient (Wildman–Crippen LogP) is 3.19. The van der Waals surface area contributed by atoms with Crippen molar-refractivity contribution in [2.24, 2.45) is 5.41 Å². The van der Waals surface area contributed by atoms with Crippen LogP contribution in [0.3, 0.4) is 0 Å². The molecule has 2 atom stereocenters. The van der Waals surface area contributed by atoms with E-state index >= 15 is 0 Å². The Morgan fingerprint density at radius 2 is 2.08 bits per heavy atom. The van der Waals surface area contributed by atoms with E-state index in [4.69, 9.17) is 4.74 Å². The number of hydrogen-bond donors (Lipinski definition) is 1. The van der Waals surface area contributed by atoms with Gasteiger partial charge in [-0.15, -0.1) is 0 Å². The minimum atomic E-state index is -3.27. The first kappa shape index (κ1) is 17.8. The van der Waals surface area contributed by atoms with E-state index in [0.29, 0.717) is 13.0 Å². The van der Waals surface area contributed by atoms with Crippen molar-refractivity contribution < 1.29 is 13.2 Å². The maximum atomic E-state index is 12.6. The number of sulfonamides is 1. The van der Waals surface area contributed by atoms with E-state index in [2.05, 4.69) is 16.6 Å². The van der Waals surface area contributed by atoms with Gasteiger partial charge in [0.2, 0.25) is 10.0 Å². The monoisotopic (exact) mass is 352 g/mol. The van der Waals surface area contributed by atoms with Crippen LogP contribution in [-0.2, 0) is 14.8 Å². The topological polar surface area (TPSA) is 68.3 Å². The Hall–Kier alpha value is -0.980. The van der Waals surface area contributed by atoms with Crippen LogP contribution in [0.15, 0.2) is 24.4 Å². The molecule has 2 heterocycles. The molecule has 0 spiro atoms. The van der Waals surface area contributed by atoms with Crippen LogP contribution < -0.4 is 4.72 Å². The van der Waals surface area contributed by atoms with Gasteiger partial charge in [0, 0.05) is 18.8 Å². The van der Waals surface area contributed by atoms with Crippen LogP contribution in [-0.4, -0.2) is 31.8 Å². The summed E-state index contributed by atoms with van der Waals surface area (Å²) in [6.07, 6.45) is 8.53. The highest BCUT2D eigenvalue weighted by molar-refractivity contribution is 7.89. The van der Waals surface area contributed by atoms with Crippen molar-refractivity contribution in [3.8, 4) is 0 Å². The molecule has 1 aliphatic carbocycles. The number of aromatic nitrogens is 1. The molecule has 0 radical (unpaired) electrons. The van der Waals surface area contributed by atoms with Gasteiger partial charge in [-0.2, -0.15) is 0 Å². The second-order valence-electron chi connectivity index (χ2n) is 7.58. The number of pyridine rings is 1. The third-order valence-corrected chi connectivity index (χ3v) is 7.02. The van der Waals surface area contributed by atoms with Crippen molar-refractivity contribution in [2.75, 3.05) is 12.4 Å². The van der Waals surface area contributed by atoms with Crippen molar-refractivity contribution in [3.05, 3.63) is 30.1 Å². The van der Waals surface area contributed by atoms with E-state index < -0.39 is 10.0 Å². The van der Waals surface area contributed by atoms with Gasteiger partial charge < -0.3 is 4.74 Å². The summed E-state index contributed by atoms with van der Waals surface area (Å²) in [4.78, 5) is 4.34. The first-order valence-electron chi connectivity index (χ1n) is 8.98. The highest BCUT2D eigenvalue weighted by atomic mass is 32.2. The molecule has 1 saturated carbocycles. The smallest absolute Gasteiger partial charge is 0.212 e. The lowest BCUT2D eigenvalue weighted by Gasteiger charge is -2.35. The highest BCUT2D eigenvalue weighted by Gasteiger charge is 2.34. The molecule has 0 amide bonds. The molecule has 3 rings (SSSR count). The van der Waals surface area contributed by atoms with Crippen molar-refractivity contribution in [3.63, 3.8) is 0 Å². The molecule has 6 heteroatoms. The van der Waals surface area contributed by atoms with E-state index in [9.17, 15) is 8.42 Å². The van der Waals surface area contributed by atoms with E-state index in [-0.39, 0.29) is 23.3 Å². The van der Waals surface area contributed by atoms with E-state index in [0.717, 1.165) is 37.8 Å². The summed E-state index contributed by atoms with van der Waals surface area (Å²) in [6, 6.07) is 5.67. The molecular formula is C18H28N2O3S. The first-order chi connectivity index (χ1) is 11.5. The van der Waals surface area contributed by atoms with Crippen molar-refractivity contribution in [1.82, 2.24) is 9.71 Å². The number of nitrogens with zero attached hydrogens (tertiary/aromatic N) is 1. The second-order valence-corrected chi connectivity index (χ2v) is 9.34. The van der Waals surface area contributed by atoms with Gasteiger partial charge in [-0.3, -0.25) is 4.98 Å². The van der Waals surface area contributed by atoms with Gasteiger partial charge in [0.15, 0.2) is 0 Å². The molecule has 0 unspecified atom stereocenters. The van der Waals surface area contributed by atoms with E-state index in [1.807, 2.05) is 18.2 Å². The maximum Gasteiger partial charge on any atom is 0.212 e. The molecule has 0 aromatic carbocycles. The quantitative estimate of drug-likeness (QED) is 0.884. The molecule has 1 aromatic heterocycles. The zero-order chi connectivity index (χ0) is 17.0. The Kier molecular flexibility index (Phi) is 5.57. The molecule has 1 aliphatic heterocycles. The summed E-state index contributed by atoms with van der Waals surface area (Å²) < 4.78 is 34.0. The standard InChI is InChI=1S/C18H28N2O3S/c1-18(9-4-2-5-10-18)14-24(21,22)20-15-8-12-23-17(13-15)16-7-3-6-11-19-16/h3,6-7,11,15,17,20H,2,4-5,8-10,12-14H2,1H3/t15-,17-/m1/s1. The summed E-state index contributed by atoms with van der Waals surface area (Å²) in [5.74, 6) is 0.242. The summed E-state index contributed by atoms with van der Waals surface area (Å²) in [5, 5.41) is 0. The number of ether oxygens (including phenoxy) is 1. The van der Waals surface area contributed by atoms with Crippen molar-refractivity contribution in [1.29, 1.82) is 0 Å².